The molecule has 0 fully saturated rings. The summed E-state index contributed by atoms with van der Waals surface area (Å²) in [5.41, 5.74) is 1.87. The van der Waals surface area contributed by atoms with Gasteiger partial charge in [0.05, 0.1) is 36.6 Å². The monoisotopic (exact) mass is 508 g/mol. The molecule has 10 heteroatoms. The van der Waals surface area contributed by atoms with Gasteiger partial charge in [-0.15, -0.1) is 0 Å². The first-order chi connectivity index (χ1) is 17.4. The molecule has 0 saturated heterocycles. The third kappa shape index (κ3) is 4.03. The fraction of sp³-hybridized carbons (Fsp3) is 0.269. The van der Waals surface area contributed by atoms with Crippen LogP contribution in [0.1, 0.15) is 31.0 Å². The summed E-state index contributed by atoms with van der Waals surface area (Å²) in [5.74, 6) is 1.81. The van der Waals surface area contributed by atoms with E-state index < -0.39 is 12.0 Å². The van der Waals surface area contributed by atoms with E-state index in [1.165, 1.54) is 23.0 Å². The number of fused-ring (bicyclic) bond motifs is 2. The Labute approximate surface area is 210 Å². The Morgan fingerprint density at radius 1 is 1.17 bits per heavy atom. The van der Waals surface area contributed by atoms with Crippen molar-refractivity contribution in [2.24, 2.45) is 4.99 Å². The Bertz CT molecular complexity index is 1570. The number of aromatic nitrogens is 1. The summed E-state index contributed by atoms with van der Waals surface area (Å²) in [6.45, 7) is 3.83. The molecule has 1 unspecified atom stereocenters. The number of ether oxygens (including phenoxy) is 5. The number of carbonyl (C=O) groups is 1. The number of allylic oxidation sites excluding steroid dienone is 1. The molecule has 5 rings (SSSR count). The van der Waals surface area contributed by atoms with Crippen molar-refractivity contribution in [3.05, 3.63) is 78.5 Å². The Hall–Kier alpha value is -4.05. The highest BCUT2D eigenvalue weighted by Gasteiger charge is 2.35. The van der Waals surface area contributed by atoms with Crippen LogP contribution in [0.25, 0.3) is 6.08 Å². The van der Waals surface area contributed by atoms with Crippen molar-refractivity contribution in [2.45, 2.75) is 19.9 Å². The number of rotatable bonds is 6. The van der Waals surface area contributed by atoms with Gasteiger partial charge in [0.15, 0.2) is 16.3 Å². The molecule has 2 aliphatic heterocycles. The molecule has 0 aliphatic carbocycles. The number of thiazole rings is 1. The van der Waals surface area contributed by atoms with E-state index >= 15 is 0 Å². The molecular formula is C26H24N2O7S. The second-order valence-corrected chi connectivity index (χ2v) is 9.03. The number of esters is 1. The van der Waals surface area contributed by atoms with Crippen molar-refractivity contribution >= 4 is 23.4 Å². The molecule has 0 bridgehead atoms. The van der Waals surface area contributed by atoms with Crippen LogP contribution in [0.5, 0.6) is 23.0 Å². The molecule has 0 amide bonds. The third-order valence-corrected chi connectivity index (χ3v) is 6.93. The number of methoxy groups -OCH3 is 2. The summed E-state index contributed by atoms with van der Waals surface area (Å²) in [4.78, 5) is 31.9. The molecule has 3 aromatic rings. The van der Waals surface area contributed by atoms with Gasteiger partial charge in [0.1, 0.15) is 17.5 Å². The van der Waals surface area contributed by atoms with Gasteiger partial charge in [-0.2, -0.15) is 0 Å². The molecule has 186 valence electrons. The smallest absolute Gasteiger partial charge is 0.338 e. The van der Waals surface area contributed by atoms with Crippen LogP contribution in [0.15, 0.2) is 57.5 Å². The molecule has 2 aliphatic rings. The number of benzene rings is 2. The summed E-state index contributed by atoms with van der Waals surface area (Å²) < 4.78 is 29.1. The highest BCUT2D eigenvalue weighted by molar-refractivity contribution is 7.07. The first-order valence-electron chi connectivity index (χ1n) is 11.3. The molecule has 1 aromatic heterocycles. The van der Waals surface area contributed by atoms with E-state index in [1.54, 1.807) is 51.3 Å². The van der Waals surface area contributed by atoms with Crippen LogP contribution >= 0.6 is 11.3 Å². The highest BCUT2D eigenvalue weighted by atomic mass is 32.1. The lowest BCUT2D eigenvalue weighted by Gasteiger charge is -2.26. The average molecular weight is 509 g/mol. The maximum absolute atomic E-state index is 13.8. The number of nitrogens with zero attached hydrogens (tertiary/aromatic N) is 2. The summed E-state index contributed by atoms with van der Waals surface area (Å²) in [6.07, 6.45) is 1.78. The van der Waals surface area contributed by atoms with Crippen molar-refractivity contribution in [3.8, 4) is 23.0 Å². The van der Waals surface area contributed by atoms with E-state index in [0.29, 0.717) is 43.6 Å². The van der Waals surface area contributed by atoms with Crippen LogP contribution < -0.4 is 33.8 Å². The van der Waals surface area contributed by atoms with Crippen molar-refractivity contribution < 1.29 is 28.5 Å². The van der Waals surface area contributed by atoms with Gasteiger partial charge >= 0.3 is 5.97 Å². The Morgan fingerprint density at radius 3 is 2.72 bits per heavy atom. The van der Waals surface area contributed by atoms with Gasteiger partial charge < -0.3 is 23.7 Å². The molecule has 3 heterocycles. The lowest BCUT2D eigenvalue weighted by Crippen LogP contribution is -2.40. The quantitative estimate of drug-likeness (QED) is 0.472. The maximum atomic E-state index is 13.8. The number of hydrogen-bond acceptors (Lipinski definition) is 9. The van der Waals surface area contributed by atoms with Crippen molar-refractivity contribution in [3.63, 3.8) is 0 Å². The SMILES string of the molecule is CCOC(=O)C1=C(C)N=c2s/c(=C/c3ccc4c(c3)OCO4)c(=O)n2C1c1ccc(OC)cc1OC. The van der Waals surface area contributed by atoms with Gasteiger partial charge in [0.2, 0.25) is 6.79 Å². The molecule has 36 heavy (non-hydrogen) atoms. The minimum Gasteiger partial charge on any atom is -0.497 e. The Morgan fingerprint density at radius 2 is 1.97 bits per heavy atom. The van der Waals surface area contributed by atoms with Crippen LogP contribution in [-0.2, 0) is 9.53 Å². The van der Waals surface area contributed by atoms with Gasteiger partial charge in [-0.25, -0.2) is 9.79 Å². The van der Waals surface area contributed by atoms with E-state index in [4.69, 9.17) is 23.7 Å². The Balaban J connectivity index is 1.72. The van der Waals surface area contributed by atoms with E-state index in [0.717, 1.165) is 5.56 Å². The topological polar surface area (TPSA) is 97.6 Å². The number of hydrogen-bond donors (Lipinski definition) is 0. The van der Waals surface area contributed by atoms with Crippen LogP contribution in [-0.4, -0.2) is 38.2 Å². The lowest BCUT2D eigenvalue weighted by molar-refractivity contribution is -0.139. The molecule has 0 saturated carbocycles. The molecule has 0 radical (unpaired) electrons. The maximum Gasteiger partial charge on any atom is 0.338 e. The number of carbonyl (C=O) groups excluding carboxylic acids is 1. The standard InChI is InChI=1S/C26H24N2O7S/c1-5-33-25(30)22-14(2)27-26-28(23(22)17-8-7-16(31-3)12-19(17)32-4)24(29)21(36-26)11-15-6-9-18-20(10-15)35-13-34-18/h6-12,23H,5,13H2,1-4H3/b21-11+. The first kappa shape index (κ1) is 23.7. The van der Waals surface area contributed by atoms with Gasteiger partial charge in [0, 0.05) is 11.6 Å². The van der Waals surface area contributed by atoms with Gasteiger partial charge in [-0.05, 0) is 49.8 Å². The Kier molecular flexibility index (Phi) is 6.27. The minimum absolute atomic E-state index is 0.167. The van der Waals surface area contributed by atoms with Gasteiger partial charge in [-0.1, -0.05) is 17.4 Å². The largest absolute Gasteiger partial charge is 0.497 e. The predicted octanol–water partition coefficient (Wildman–Crippen LogP) is 2.54. The second kappa shape index (κ2) is 9.54. The lowest BCUT2D eigenvalue weighted by atomic mass is 9.95. The van der Waals surface area contributed by atoms with Crippen molar-refractivity contribution in [1.82, 2.24) is 4.57 Å². The third-order valence-electron chi connectivity index (χ3n) is 5.95. The zero-order valence-electron chi connectivity index (χ0n) is 20.2. The first-order valence-corrected chi connectivity index (χ1v) is 12.1. The van der Waals surface area contributed by atoms with Gasteiger partial charge in [0.25, 0.3) is 5.56 Å². The fourth-order valence-electron chi connectivity index (χ4n) is 4.28. The van der Waals surface area contributed by atoms with Crippen molar-refractivity contribution in [1.29, 1.82) is 0 Å². The van der Waals surface area contributed by atoms with Crippen molar-refractivity contribution in [2.75, 3.05) is 27.6 Å². The van der Waals surface area contributed by atoms with Gasteiger partial charge in [-0.3, -0.25) is 9.36 Å². The highest BCUT2D eigenvalue weighted by Crippen LogP contribution is 2.37. The van der Waals surface area contributed by atoms with Crippen LogP contribution in [0, 0.1) is 0 Å². The zero-order valence-corrected chi connectivity index (χ0v) is 21.0. The minimum atomic E-state index is -0.792. The van der Waals surface area contributed by atoms with Crippen LogP contribution in [0.4, 0.5) is 0 Å². The fourth-order valence-corrected chi connectivity index (χ4v) is 5.33. The molecular weight excluding hydrogens is 484 g/mol. The molecule has 2 aromatic carbocycles. The zero-order chi connectivity index (χ0) is 25.4. The predicted molar refractivity (Wildman–Crippen MR) is 133 cm³/mol. The second-order valence-electron chi connectivity index (χ2n) is 8.02. The molecule has 1 atom stereocenters. The summed E-state index contributed by atoms with van der Waals surface area (Å²) >= 11 is 1.24. The van der Waals surface area contributed by atoms with E-state index in [2.05, 4.69) is 4.99 Å². The van der Waals surface area contributed by atoms with Crippen LogP contribution in [0.3, 0.4) is 0 Å². The molecule has 0 spiro atoms. The van der Waals surface area contributed by atoms with Crippen LogP contribution in [0.2, 0.25) is 0 Å². The van der Waals surface area contributed by atoms with E-state index in [1.807, 2.05) is 12.1 Å². The normalized spacial score (nSPS) is 16.4. The molecule has 0 N–H and O–H groups in total. The summed E-state index contributed by atoms with van der Waals surface area (Å²) in [6, 6.07) is 9.95. The molecule has 9 nitrogen and oxygen atoms in total. The summed E-state index contributed by atoms with van der Waals surface area (Å²) in [5, 5.41) is 0. The van der Waals surface area contributed by atoms with E-state index in [-0.39, 0.29) is 24.5 Å². The summed E-state index contributed by atoms with van der Waals surface area (Å²) in [7, 11) is 3.09. The van der Waals surface area contributed by atoms with E-state index in [9.17, 15) is 9.59 Å². The average Bonchev–Trinajstić information content (AvgIpc) is 3.46.